The molecular weight excluding hydrogens is 490 g/mol. The van der Waals surface area contributed by atoms with Gasteiger partial charge >= 0.3 is 0 Å². The second-order valence-electron chi connectivity index (χ2n) is 7.94. The topological polar surface area (TPSA) is 114 Å². The average Bonchev–Trinajstić information content (AvgIpc) is 3.30. The van der Waals surface area contributed by atoms with Gasteiger partial charge in [0.2, 0.25) is 10.0 Å². The molecule has 3 aromatic rings. The predicted molar refractivity (Wildman–Crippen MR) is 134 cm³/mol. The Morgan fingerprint density at radius 1 is 0.829 bits per heavy atom. The highest BCUT2D eigenvalue weighted by Crippen LogP contribution is 2.38. The van der Waals surface area contributed by atoms with E-state index in [9.17, 15) is 16.8 Å². The normalized spacial score (nSPS) is 16.0. The average molecular weight is 516 g/mol. The molecule has 0 bridgehead atoms. The summed E-state index contributed by atoms with van der Waals surface area (Å²) in [6.07, 6.45) is 1.41. The fraction of sp³-hybridized carbons (Fsp3) is 0.208. The van der Waals surface area contributed by atoms with Gasteiger partial charge in [-0.1, -0.05) is 24.3 Å². The van der Waals surface area contributed by atoms with Gasteiger partial charge in [0.25, 0.3) is 10.0 Å². The lowest BCUT2D eigenvalue weighted by atomic mass is 9.99. The van der Waals surface area contributed by atoms with Gasteiger partial charge in [-0.2, -0.15) is 17.9 Å². The van der Waals surface area contributed by atoms with Crippen molar-refractivity contribution in [1.29, 1.82) is 0 Å². The first-order valence-corrected chi connectivity index (χ1v) is 13.9. The first-order chi connectivity index (χ1) is 16.6. The third kappa shape index (κ3) is 5.41. The molecule has 0 spiro atoms. The molecule has 9 nitrogen and oxygen atoms in total. The van der Waals surface area contributed by atoms with E-state index in [1.54, 1.807) is 55.6 Å². The minimum absolute atomic E-state index is 0.0921. The van der Waals surface area contributed by atoms with Crippen molar-refractivity contribution in [2.24, 2.45) is 5.10 Å². The fourth-order valence-corrected chi connectivity index (χ4v) is 5.76. The van der Waals surface area contributed by atoms with Gasteiger partial charge in [0.05, 0.1) is 37.1 Å². The molecule has 0 saturated heterocycles. The minimum Gasteiger partial charge on any atom is -0.497 e. The summed E-state index contributed by atoms with van der Waals surface area (Å²) in [5.41, 5.74) is 2.42. The second-order valence-corrected chi connectivity index (χ2v) is 11.5. The van der Waals surface area contributed by atoms with Crippen LogP contribution < -0.4 is 14.2 Å². The van der Waals surface area contributed by atoms with Crippen LogP contribution in [0.1, 0.15) is 23.6 Å². The second kappa shape index (κ2) is 9.59. The van der Waals surface area contributed by atoms with Crippen molar-refractivity contribution in [2.75, 3.05) is 25.2 Å². The number of hydrazone groups is 1. The predicted octanol–water partition coefficient (Wildman–Crippen LogP) is 3.62. The highest BCUT2D eigenvalue weighted by atomic mass is 32.2. The molecule has 4 rings (SSSR count). The minimum atomic E-state index is -3.98. The van der Waals surface area contributed by atoms with Gasteiger partial charge in [0.15, 0.2) is 0 Å². The first kappa shape index (κ1) is 24.6. The molecule has 0 unspecified atom stereocenters. The number of rotatable bonds is 8. The summed E-state index contributed by atoms with van der Waals surface area (Å²) in [5, 5.41) is 4.51. The highest BCUT2D eigenvalue weighted by molar-refractivity contribution is 7.92. The van der Waals surface area contributed by atoms with Crippen LogP contribution >= 0.6 is 0 Å². The van der Waals surface area contributed by atoms with E-state index in [1.807, 2.05) is 12.1 Å². The van der Waals surface area contributed by atoms with Crippen molar-refractivity contribution in [3.63, 3.8) is 0 Å². The van der Waals surface area contributed by atoms with Gasteiger partial charge in [0, 0.05) is 12.1 Å². The maximum Gasteiger partial charge on any atom is 0.279 e. The molecule has 1 aliphatic heterocycles. The van der Waals surface area contributed by atoms with Crippen LogP contribution in [0.5, 0.6) is 11.5 Å². The molecule has 1 heterocycles. The number of nitrogens with one attached hydrogen (secondary N) is 1. The van der Waals surface area contributed by atoms with E-state index in [0.29, 0.717) is 34.9 Å². The van der Waals surface area contributed by atoms with E-state index in [4.69, 9.17) is 9.47 Å². The molecule has 0 amide bonds. The van der Waals surface area contributed by atoms with Gasteiger partial charge in [-0.25, -0.2) is 8.42 Å². The Labute approximate surface area is 205 Å². The lowest BCUT2D eigenvalue weighted by molar-refractivity contribution is 0.370. The Hall–Kier alpha value is -3.57. The number of methoxy groups -OCH3 is 2. The third-order valence-corrected chi connectivity index (χ3v) is 7.80. The van der Waals surface area contributed by atoms with Crippen molar-refractivity contribution < 1.29 is 26.3 Å². The largest absolute Gasteiger partial charge is 0.497 e. The maximum absolute atomic E-state index is 13.6. The fourth-order valence-electron chi connectivity index (χ4n) is 3.76. The van der Waals surface area contributed by atoms with Crippen LogP contribution in [0.15, 0.2) is 82.8 Å². The monoisotopic (exact) mass is 515 g/mol. The number of sulfonamides is 2. The number of nitrogens with zero attached hydrogens (tertiary/aromatic N) is 2. The van der Waals surface area contributed by atoms with Gasteiger partial charge in [-0.3, -0.25) is 4.72 Å². The Morgan fingerprint density at radius 2 is 1.37 bits per heavy atom. The van der Waals surface area contributed by atoms with Gasteiger partial charge in [-0.05, 0) is 59.7 Å². The van der Waals surface area contributed by atoms with E-state index >= 15 is 0 Å². The van der Waals surface area contributed by atoms with E-state index in [-0.39, 0.29) is 4.90 Å². The van der Waals surface area contributed by atoms with Crippen molar-refractivity contribution in [2.45, 2.75) is 17.4 Å². The molecule has 3 aromatic carbocycles. The summed E-state index contributed by atoms with van der Waals surface area (Å²) in [6, 6.07) is 19.4. The maximum atomic E-state index is 13.6. The van der Waals surface area contributed by atoms with Crippen LogP contribution in [0.2, 0.25) is 0 Å². The van der Waals surface area contributed by atoms with Crippen LogP contribution in [0.4, 0.5) is 5.69 Å². The molecule has 11 heteroatoms. The zero-order valence-electron chi connectivity index (χ0n) is 19.4. The van der Waals surface area contributed by atoms with Crippen molar-refractivity contribution >= 4 is 31.4 Å². The zero-order chi connectivity index (χ0) is 25.2. The molecule has 35 heavy (non-hydrogen) atoms. The molecule has 0 saturated carbocycles. The van der Waals surface area contributed by atoms with Gasteiger partial charge in [-0.15, -0.1) is 0 Å². The van der Waals surface area contributed by atoms with Gasteiger partial charge in [0.1, 0.15) is 11.5 Å². The highest BCUT2D eigenvalue weighted by Gasteiger charge is 2.37. The SMILES string of the molecule is COc1ccc([C@H]2CC(c3ccc(NS(C)(=O)=O)cc3)=NN2S(=O)(=O)c2ccc(OC)cc2)cc1. The standard InChI is InChI=1S/C24H25N3O6S2/c1-32-20-10-6-18(7-11-20)24-16-23(17-4-8-19(9-5-17)26-34(3,28)29)25-27(24)35(30,31)22-14-12-21(33-2)13-15-22/h4-15,24,26H,16H2,1-3H3/t24-/m1/s1. The molecule has 0 fully saturated rings. The molecular formula is C24H25N3O6S2. The Kier molecular flexibility index (Phi) is 6.73. The number of anilines is 1. The van der Waals surface area contributed by atoms with Crippen LogP contribution in [-0.2, 0) is 20.0 Å². The van der Waals surface area contributed by atoms with Crippen molar-refractivity contribution in [3.05, 3.63) is 83.9 Å². The molecule has 1 aliphatic rings. The summed E-state index contributed by atoms with van der Waals surface area (Å²) in [4.78, 5) is 0.0921. The third-order valence-electron chi connectivity index (χ3n) is 5.50. The summed E-state index contributed by atoms with van der Waals surface area (Å²) in [6.45, 7) is 0. The molecule has 184 valence electrons. The molecule has 0 aromatic heterocycles. The molecule has 0 radical (unpaired) electrons. The lowest BCUT2D eigenvalue weighted by Gasteiger charge is -2.23. The lowest BCUT2D eigenvalue weighted by Crippen LogP contribution is -2.27. The molecule has 1 atom stereocenters. The summed E-state index contributed by atoms with van der Waals surface area (Å²) < 4.78 is 64.1. The number of hydrogen-bond donors (Lipinski definition) is 1. The van der Waals surface area contributed by atoms with Crippen molar-refractivity contribution in [1.82, 2.24) is 4.41 Å². The number of benzene rings is 3. The first-order valence-electron chi connectivity index (χ1n) is 10.6. The summed E-state index contributed by atoms with van der Waals surface area (Å²) in [7, 11) is -4.32. The van der Waals surface area contributed by atoms with E-state index < -0.39 is 26.1 Å². The van der Waals surface area contributed by atoms with Crippen molar-refractivity contribution in [3.8, 4) is 11.5 Å². The van der Waals surface area contributed by atoms with E-state index in [2.05, 4.69) is 9.82 Å². The summed E-state index contributed by atoms with van der Waals surface area (Å²) >= 11 is 0. The number of hydrogen-bond acceptors (Lipinski definition) is 7. The quantitative estimate of drug-likeness (QED) is 0.490. The van der Waals surface area contributed by atoms with Crippen LogP contribution in [-0.4, -0.2) is 47.4 Å². The van der Waals surface area contributed by atoms with Crippen LogP contribution in [0.25, 0.3) is 0 Å². The van der Waals surface area contributed by atoms with E-state index in [0.717, 1.165) is 16.2 Å². The Morgan fingerprint density at radius 3 is 1.89 bits per heavy atom. The van der Waals surface area contributed by atoms with Crippen LogP contribution in [0.3, 0.4) is 0 Å². The molecule has 1 N–H and O–H groups in total. The summed E-state index contributed by atoms with van der Waals surface area (Å²) in [5.74, 6) is 1.20. The van der Waals surface area contributed by atoms with Gasteiger partial charge < -0.3 is 9.47 Å². The van der Waals surface area contributed by atoms with Crippen LogP contribution in [0, 0.1) is 0 Å². The zero-order valence-corrected chi connectivity index (χ0v) is 21.0. The number of ether oxygens (including phenoxy) is 2. The Bertz CT molecular complexity index is 1430. The Balaban J connectivity index is 1.72. The smallest absolute Gasteiger partial charge is 0.279 e. The molecule has 0 aliphatic carbocycles. The van der Waals surface area contributed by atoms with E-state index in [1.165, 1.54) is 19.2 Å².